The summed E-state index contributed by atoms with van der Waals surface area (Å²) in [4.78, 5) is 27.5. The number of carbonyl (C=O) groups excluding carboxylic acids is 2. The molecule has 9 nitrogen and oxygen atoms in total. The van der Waals surface area contributed by atoms with E-state index in [-0.39, 0.29) is 28.9 Å². The van der Waals surface area contributed by atoms with E-state index in [2.05, 4.69) is 5.32 Å². The van der Waals surface area contributed by atoms with E-state index in [0.717, 1.165) is 16.1 Å². The Morgan fingerprint density at radius 3 is 2.24 bits per heavy atom. The highest BCUT2D eigenvalue weighted by Crippen LogP contribution is 2.33. The van der Waals surface area contributed by atoms with E-state index < -0.39 is 28.5 Å². The van der Waals surface area contributed by atoms with Crippen molar-refractivity contribution >= 4 is 39.1 Å². The molecule has 0 aliphatic carbocycles. The van der Waals surface area contributed by atoms with E-state index in [9.17, 15) is 18.0 Å². The molecule has 1 N–H and O–H groups in total. The number of ether oxygens (including phenoxy) is 2. The van der Waals surface area contributed by atoms with E-state index in [1.807, 2.05) is 0 Å². The summed E-state index contributed by atoms with van der Waals surface area (Å²) >= 11 is 6.10. The molecule has 2 amide bonds. The highest BCUT2D eigenvalue weighted by Gasteiger charge is 2.32. The number of anilines is 1. The van der Waals surface area contributed by atoms with Crippen LogP contribution in [0.25, 0.3) is 0 Å². The van der Waals surface area contributed by atoms with Crippen LogP contribution in [0.5, 0.6) is 11.5 Å². The van der Waals surface area contributed by atoms with Gasteiger partial charge in [-0.15, -0.1) is 0 Å². The van der Waals surface area contributed by atoms with Gasteiger partial charge in [0.15, 0.2) is 0 Å². The SMILES string of the molecule is CC[C@@H](C(=O)NC)N(Cc1ccc(OC)cc1)C(=O)CN(c1cc(Cl)ccc1OC)S(C)(=O)=O. The number of benzene rings is 2. The third-order valence-electron chi connectivity index (χ3n) is 5.23. The maximum absolute atomic E-state index is 13.5. The Kier molecular flexibility index (Phi) is 9.57. The van der Waals surface area contributed by atoms with Crippen molar-refractivity contribution in [2.45, 2.75) is 25.9 Å². The molecule has 0 unspecified atom stereocenters. The average Bonchev–Trinajstić information content (AvgIpc) is 2.81. The number of sulfonamides is 1. The number of nitrogens with zero attached hydrogens (tertiary/aromatic N) is 2. The minimum Gasteiger partial charge on any atom is -0.497 e. The number of methoxy groups -OCH3 is 2. The molecule has 11 heteroatoms. The van der Waals surface area contributed by atoms with Crippen LogP contribution in [0.3, 0.4) is 0 Å². The van der Waals surface area contributed by atoms with Gasteiger partial charge in [-0.3, -0.25) is 13.9 Å². The fourth-order valence-corrected chi connectivity index (χ4v) is 4.48. The van der Waals surface area contributed by atoms with Gasteiger partial charge in [0.1, 0.15) is 24.1 Å². The molecule has 0 saturated heterocycles. The summed E-state index contributed by atoms with van der Waals surface area (Å²) in [6.07, 6.45) is 1.32. The van der Waals surface area contributed by atoms with Gasteiger partial charge >= 0.3 is 0 Å². The van der Waals surface area contributed by atoms with Crippen LogP contribution < -0.4 is 19.1 Å². The lowest BCUT2D eigenvalue weighted by atomic mass is 10.1. The number of carbonyl (C=O) groups is 2. The van der Waals surface area contributed by atoms with Crippen molar-refractivity contribution in [3.8, 4) is 11.5 Å². The highest BCUT2D eigenvalue weighted by molar-refractivity contribution is 7.92. The molecule has 0 radical (unpaired) electrons. The molecule has 1 atom stereocenters. The fraction of sp³-hybridized carbons (Fsp3) is 0.391. The molecule has 0 spiro atoms. The Morgan fingerprint density at radius 2 is 1.74 bits per heavy atom. The smallest absolute Gasteiger partial charge is 0.244 e. The molecule has 186 valence electrons. The van der Waals surface area contributed by atoms with Crippen molar-refractivity contribution in [3.63, 3.8) is 0 Å². The van der Waals surface area contributed by atoms with Crippen molar-refractivity contribution < 1.29 is 27.5 Å². The monoisotopic (exact) mass is 511 g/mol. The zero-order valence-electron chi connectivity index (χ0n) is 19.9. The van der Waals surface area contributed by atoms with Gasteiger partial charge in [-0.25, -0.2) is 8.42 Å². The predicted molar refractivity (Wildman–Crippen MR) is 132 cm³/mol. The third kappa shape index (κ3) is 6.77. The van der Waals surface area contributed by atoms with Gasteiger partial charge in [0.05, 0.1) is 26.2 Å². The first kappa shape index (κ1) is 27.3. The average molecular weight is 512 g/mol. The second kappa shape index (κ2) is 11.9. The summed E-state index contributed by atoms with van der Waals surface area (Å²) < 4.78 is 36.8. The number of nitrogens with one attached hydrogen (secondary N) is 1. The minimum absolute atomic E-state index is 0.0963. The molecule has 2 aromatic rings. The molecule has 0 aliphatic heterocycles. The zero-order valence-corrected chi connectivity index (χ0v) is 21.4. The molecular weight excluding hydrogens is 482 g/mol. The molecule has 0 aliphatic rings. The van der Waals surface area contributed by atoms with Crippen LogP contribution in [0, 0.1) is 0 Å². The lowest BCUT2D eigenvalue weighted by molar-refractivity contribution is -0.140. The van der Waals surface area contributed by atoms with Crippen LogP contribution in [-0.4, -0.2) is 65.2 Å². The molecule has 0 fully saturated rings. The first-order valence-corrected chi connectivity index (χ1v) is 12.7. The summed E-state index contributed by atoms with van der Waals surface area (Å²) in [6, 6.07) is 10.8. The van der Waals surface area contributed by atoms with Crippen LogP contribution in [-0.2, 0) is 26.2 Å². The fourth-order valence-electron chi connectivity index (χ4n) is 3.47. The van der Waals surface area contributed by atoms with Gasteiger partial charge in [-0.05, 0) is 42.3 Å². The van der Waals surface area contributed by atoms with Gasteiger partial charge in [0.25, 0.3) is 0 Å². The van der Waals surface area contributed by atoms with Gasteiger partial charge in [0, 0.05) is 18.6 Å². The number of rotatable bonds is 11. The molecule has 34 heavy (non-hydrogen) atoms. The second-order valence-electron chi connectivity index (χ2n) is 7.49. The van der Waals surface area contributed by atoms with Gasteiger partial charge in [-0.2, -0.15) is 0 Å². The van der Waals surface area contributed by atoms with E-state index in [0.29, 0.717) is 12.2 Å². The van der Waals surface area contributed by atoms with Gasteiger partial charge in [-0.1, -0.05) is 30.7 Å². The largest absolute Gasteiger partial charge is 0.497 e. The first-order valence-electron chi connectivity index (χ1n) is 10.5. The summed E-state index contributed by atoms with van der Waals surface area (Å²) in [6.45, 7) is 1.33. The van der Waals surface area contributed by atoms with Crippen molar-refractivity contribution in [2.24, 2.45) is 0 Å². The molecule has 0 bridgehead atoms. The summed E-state index contributed by atoms with van der Waals surface area (Å²) in [7, 11) is 0.522. The Morgan fingerprint density at radius 1 is 1.09 bits per heavy atom. The summed E-state index contributed by atoms with van der Waals surface area (Å²) in [5.74, 6) is -0.0201. The maximum atomic E-state index is 13.5. The Labute approximate surface area is 205 Å². The van der Waals surface area contributed by atoms with E-state index in [1.165, 1.54) is 31.2 Å². The van der Waals surface area contributed by atoms with Crippen molar-refractivity contribution in [3.05, 3.63) is 53.1 Å². The topological polar surface area (TPSA) is 105 Å². The van der Waals surface area contributed by atoms with Crippen LogP contribution in [0.15, 0.2) is 42.5 Å². The van der Waals surface area contributed by atoms with Crippen LogP contribution in [0.4, 0.5) is 5.69 Å². The first-order chi connectivity index (χ1) is 16.0. The quantitative estimate of drug-likeness (QED) is 0.497. The molecular formula is C23H30ClN3O6S. The third-order valence-corrected chi connectivity index (χ3v) is 6.59. The number of amides is 2. The van der Waals surface area contributed by atoms with Crippen molar-refractivity contribution in [1.29, 1.82) is 0 Å². The number of hydrogen-bond acceptors (Lipinski definition) is 6. The lowest BCUT2D eigenvalue weighted by Gasteiger charge is -2.33. The molecule has 2 aromatic carbocycles. The Hall–Kier alpha value is -2.98. The van der Waals surface area contributed by atoms with E-state index in [4.69, 9.17) is 21.1 Å². The van der Waals surface area contributed by atoms with Gasteiger partial charge < -0.3 is 19.7 Å². The Balaban J connectivity index is 2.48. The number of likely N-dealkylation sites (N-methyl/N-ethyl adjacent to an activating group) is 1. The molecule has 0 aromatic heterocycles. The summed E-state index contributed by atoms with van der Waals surface area (Å²) in [5.41, 5.74) is 0.881. The number of halogens is 1. The molecule has 0 saturated carbocycles. The second-order valence-corrected chi connectivity index (χ2v) is 9.84. The zero-order chi connectivity index (χ0) is 25.5. The van der Waals surface area contributed by atoms with Crippen molar-refractivity contribution in [2.75, 3.05) is 38.4 Å². The normalized spacial score (nSPS) is 11.9. The van der Waals surface area contributed by atoms with Crippen molar-refractivity contribution in [1.82, 2.24) is 10.2 Å². The molecule has 0 heterocycles. The van der Waals surface area contributed by atoms with E-state index in [1.54, 1.807) is 44.4 Å². The van der Waals surface area contributed by atoms with E-state index >= 15 is 0 Å². The highest BCUT2D eigenvalue weighted by atomic mass is 35.5. The summed E-state index contributed by atoms with van der Waals surface area (Å²) in [5, 5.41) is 2.86. The number of hydrogen-bond donors (Lipinski definition) is 1. The Bertz CT molecular complexity index is 1110. The maximum Gasteiger partial charge on any atom is 0.244 e. The lowest BCUT2D eigenvalue weighted by Crippen LogP contribution is -2.51. The van der Waals surface area contributed by atoms with Crippen LogP contribution in [0.1, 0.15) is 18.9 Å². The van der Waals surface area contributed by atoms with Crippen LogP contribution >= 0.6 is 11.6 Å². The predicted octanol–water partition coefficient (Wildman–Crippen LogP) is 2.68. The molecule has 2 rings (SSSR count). The van der Waals surface area contributed by atoms with Crippen LogP contribution in [0.2, 0.25) is 5.02 Å². The standard InChI is InChI=1S/C23H30ClN3O6S/c1-6-19(23(29)25-2)26(14-16-7-10-18(32-3)11-8-16)22(28)15-27(34(5,30)31)20-13-17(24)9-12-21(20)33-4/h7-13,19H,6,14-15H2,1-5H3,(H,25,29)/t19-/m0/s1. The minimum atomic E-state index is -3.91. The van der Waals surface area contributed by atoms with Gasteiger partial charge in [0.2, 0.25) is 21.8 Å².